The highest BCUT2D eigenvalue weighted by Crippen LogP contribution is 2.36. The molecule has 0 aliphatic carbocycles. The van der Waals surface area contributed by atoms with E-state index < -0.39 is 5.60 Å². The summed E-state index contributed by atoms with van der Waals surface area (Å²) in [5.41, 5.74) is 0.244. The Kier molecular flexibility index (Phi) is 8.65. The normalized spacial score (nSPS) is 22.7. The van der Waals surface area contributed by atoms with E-state index in [2.05, 4.69) is 33.8 Å². The molecule has 1 heterocycles. The Morgan fingerprint density at radius 2 is 1.73 bits per heavy atom. The average molecular weight is 368 g/mol. The van der Waals surface area contributed by atoms with Gasteiger partial charge in [0.1, 0.15) is 5.60 Å². The van der Waals surface area contributed by atoms with Gasteiger partial charge in [0, 0.05) is 18.2 Å². The van der Waals surface area contributed by atoms with Crippen LogP contribution in [0.4, 0.5) is 4.79 Å². The van der Waals surface area contributed by atoms with Gasteiger partial charge in [-0.2, -0.15) is 0 Å². The average Bonchev–Trinajstić information content (AvgIpc) is 2.48. The molecule has 1 aliphatic rings. The fourth-order valence-corrected chi connectivity index (χ4v) is 3.37. The topological polar surface area (TPSA) is 38.8 Å². The van der Waals surface area contributed by atoms with Crippen molar-refractivity contribution < 1.29 is 14.3 Å². The fraction of sp³-hybridized carbons (Fsp3) is 0.864. The second kappa shape index (κ2) is 9.77. The zero-order chi connectivity index (χ0) is 20.0. The van der Waals surface area contributed by atoms with E-state index in [0.29, 0.717) is 6.54 Å². The maximum atomic E-state index is 12.9. The molecule has 0 radical (unpaired) electrons. The molecule has 0 aromatic rings. The molecule has 0 saturated carbocycles. The molecule has 0 bridgehead atoms. The summed E-state index contributed by atoms with van der Waals surface area (Å²) in [6.45, 7) is 17.1. The zero-order valence-electron chi connectivity index (χ0n) is 18.4. The van der Waals surface area contributed by atoms with Gasteiger partial charge in [0.15, 0.2) is 0 Å². The number of hydrogen-bond acceptors (Lipinski definition) is 3. The van der Waals surface area contributed by atoms with E-state index in [9.17, 15) is 4.79 Å². The molecule has 26 heavy (non-hydrogen) atoms. The van der Waals surface area contributed by atoms with Gasteiger partial charge >= 0.3 is 6.09 Å². The third kappa shape index (κ3) is 7.30. The van der Waals surface area contributed by atoms with E-state index in [1.807, 2.05) is 32.6 Å². The number of nitrogens with zero attached hydrogens (tertiary/aromatic N) is 1. The molecule has 4 nitrogen and oxygen atoms in total. The van der Waals surface area contributed by atoms with Crippen LogP contribution in [0.5, 0.6) is 0 Å². The van der Waals surface area contributed by atoms with Gasteiger partial charge in [-0.3, -0.25) is 4.90 Å². The lowest BCUT2D eigenvalue weighted by Gasteiger charge is -2.43. The minimum Gasteiger partial charge on any atom is -0.443 e. The van der Waals surface area contributed by atoms with E-state index in [1.54, 1.807) is 0 Å². The number of ether oxygens (including phenoxy) is 2. The van der Waals surface area contributed by atoms with Crippen LogP contribution in [0.1, 0.15) is 93.9 Å². The molecule has 0 aromatic carbocycles. The van der Waals surface area contributed by atoms with Gasteiger partial charge in [-0.05, 0) is 54.0 Å². The predicted molar refractivity (Wildman–Crippen MR) is 108 cm³/mol. The van der Waals surface area contributed by atoms with Crippen molar-refractivity contribution >= 4 is 6.09 Å². The highest BCUT2D eigenvalue weighted by Gasteiger charge is 2.39. The first-order valence-electron chi connectivity index (χ1n) is 10.4. The van der Waals surface area contributed by atoms with Crippen molar-refractivity contribution in [3.8, 4) is 0 Å². The summed E-state index contributed by atoms with van der Waals surface area (Å²) in [6.07, 6.45) is 9.04. The minimum atomic E-state index is -0.493. The molecule has 152 valence electrons. The van der Waals surface area contributed by atoms with Gasteiger partial charge in [0.05, 0.1) is 11.7 Å². The van der Waals surface area contributed by atoms with Crippen LogP contribution in [0, 0.1) is 5.92 Å². The molecule has 0 fully saturated rings. The lowest BCUT2D eigenvalue weighted by molar-refractivity contribution is -0.0879. The highest BCUT2D eigenvalue weighted by atomic mass is 16.6. The molecule has 1 rings (SSSR count). The molecule has 0 N–H and O–H groups in total. The number of carbonyl (C=O) groups is 1. The molecule has 0 spiro atoms. The van der Waals surface area contributed by atoms with Gasteiger partial charge in [-0.25, -0.2) is 4.79 Å². The maximum Gasteiger partial charge on any atom is 0.414 e. The number of rotatable bonds is 8. The van der Waals surface area contributed by atoms with Gasteiger partial charge in [0.2, 0.25) is 0 Å². The lowest BCUT2D eigenvalue weighted by Crippen LogP contribution is -2.47. The highest BCUT2D eigenvalue weighted by molar-refractivity contribution is 5.70. The van der Waals surface area contributed by atoms with Crippen LogP contribution in [0.2, 0.25) is 0 Å². The standard InChI is InChI=1S/C22H41NO3/c1-9-10-11-12-13-14-15-23(20(24)26-21(4,5)6)19-16-17(2)25-22(7,8)18(19)3/h16-18H,9-15H2,1-8H3/t17-,18+/m1/s1. The maximum absolute atomic E-state index is 12.9. The Morgan fingerprint density at radius 1 is 1.15 bits per heavy atom. The van der Waals surface area contributed by atoms with E-state index >= 15 is 0 Å². The third-order valence-corrected chi connectivity index (χ3v) is 5.04. The molecular formula is C22H41NO3. The SMILES string of the molecule is CCCCCCCCN(C(=O)OC(C)(C)C)C1=C[C@@H](C)OC(C)(C)[C@H]1C. The lowest BCUT2D eigenvalue weighted by atomic mass is 9.85. The van der Waals surface area contributed by atoms with Gasteiger partial charge < -0.3 is 9.47 Å². The minimum absolute atomic E-state index is 0.00862. The number of carbonyl (C=O) groups excluding carboxylic acids is 1. The summed E-state index contributed by atoms with van der Waals surface area (Å²) in [5, 5.41) is 0. The third-order valence-electron chi connectivity index (χ3n) is 5.04. The summed E-state index contributed by atoms with van der Waals surface area (Å²) in [6, 6.07) is 0. The Bertz CT molecular complexity index is 476. The van der Waals surface area contributed by atoms with Crippen molar-refractivity contribution in [3.05, 3.63) is 11.8 Å². The van der Waals surface area contributed by atoms with Crippen molar-refractivity contribution in [2.45, 2.75) is 111 Å². The molecule has 0 aromatic heterocycles. The second-order valence-electron chi connectivity index (χ2n) is 9.14. The summed E-state index contributed by atoms with van der Waals surface area (Å²) < 4.78 is 11.8. The number of unbranched alkanes of at least 4 members (excludes halogenated alkanes) is 5. The largest absolute Gasteiger partial charge is 0.443 e. The molecule has 0 saturated heterocycles. The van der Waals surface area contributed by atoms with E-state index in [0.717, 1.165) is 18.5 Å². The van der Waals surface area contributed by atoms with E-state index in [4.69, 9.17) is 9.47 Å². The first-order valence-corrected chi connectivity index (χ1v) is 10.4. The number of amides is 1. The van der Waals surface area contributed by atoms with Crippen molar-refractivity contribution in [1.82, 2.24) is 4.90 Å². The van der Waals surface area contributed by atoms with E-state index in [-0.39, 0.29) is 23.7 Å². The molecule has 1 amide bonds. The van der Waals surface area contributed by atoms with Gasteiger partial charge in [-0.1, -0.05) is 46.0 Å². The summed E-state index contributed by atoms with van der Waals surface area (Å²) in [5.74, 6) is 0.131. The Balaban J connectivity index is 2.87. The quantitative estimate of drug-likeness (QED) is 0.472. The summed E-state index contributed by atoms with van der Waals surface area (Å²) >= 11 is 0. The summed E-state index contributed by atoms with van der Waals surface area (Å²) in [7, 11) is 0. The van der Waals surface area contributed by atoms with Crippen LogP contribution in [0.3, 0.4) is 0 Å². The van der Waals surface area contributed by atoms with Crippen molar-refractivity contribution in [2.24, 2.45) is 5.92 Å². The Labute approximate surface area is 161 Å². The smallest absolute Gasteiger partial charge is 0.414 e. The Morgan fingerprint density at radius 3 is 2.31 bits per heavy atom. The summed E-state index contributed by atoms with van der Waals surface area (Å²) in [4.78, 5) is 14.8. The van der Waals surface area contributed by atoms with Crippen molar-refractivity contribution in [2.75, 3.05) is 6.54 Å². The molecular weight excluding hydrogens is 326 g/mol. The number of hydrogen-bond donors (Lipinski definition) is 0. The fourth-order valence-electron chi connectivity index (χ4n) is 3.37. The van der Waals surface area contributed by atoms with Crippen LogP contribution >= 0.6 is 0 Å². The van der Waals surface area contributed by atoms with Crippen molar-refractivity contribution in [1.29, 1.82) is 0 Å². The van der Waals surface area contributed by atoms with Gasteiger partial charge in [0.25, 0.3) is 0 Å². The first kappa shape index (κ1) is 23.0. The van der Waals surface area contributed by atoms with Crippen LogP contribution in [-0.2, 0) is 9.47 Å². The van der Waals surface area contributed by atoms with Crippen molar-refractivity contribution in [3.63, 3.8) is 0 Å². The monoisotopic (exact) mass is 367 g/mol. The van der Waals surface area contributed by atoms with Crippen LogP contribution in [-0.4, -0.2) is 34.8 Å². The molecule has 1 aliphatic heterocycles. The van der Waals surface area contributed by atoms with Gasteiger partial charge in [-0.15, -0.1) is 0 Å². The van der Waals surface area contributed by atoms with Crippen LogP contribution in [0.25, 0.3) is 0 Å². The Hall–Kier alpha value is -1.03. The molecule has 4 heteroatoms. The van der Waals surface area contributed by atoms with Crippen LogP contribution < -0.4 is 0 Å². The van der Waals surface area contributed by atoms with Crippen LogP contribution in [0.15, 0.2) is 11.8 Å². The predicted octanol–water partition coefficient (Wildman–Crippen LogP) is 6.30. The first-order chi connectivity index (χ1) is 12.0. The molecule has 0 unspecified atom stereocenters. The molecule has 2 atom stereocenters. The van der Waals surface area contributed by atoms with E-state index in [1.165, 1.54) is 25.7 Å². The zero-order valence-corrected chi connectivity index (χ0v) is 18.4. The second-order valence-corrected chi connectivity index (χ2v) is 9.14.